The topological polar surface area (TPSA) is 83.6 Å². The van der Waals surface area contributed by atoms with Gasteiger partial charge < -0.3 is 5.32 Å². The molecule has 138 valence electrons. The Morgan fingerprint density at radius 1 is 1.12 bits per heavy atom. The van der Waals surface area contributed by atoms with E-state index in [2.05, 4.69) is 5.32 Å². The molecule has 0 aliphatic carbocycles. The van der Waals surface area contributed by atoms with Gasteiger partial charge in [0, 0.05) is 12.6 Å². The van der Waals surface area contributed by atoms with E-state index in [0.717, 1.165) is 9.87 Å². The molecule has 0 bridgehead atoms. The second-order valence-electron chi connectivity index (χ2n) is 5.87. The Kier molecular flexibility index (Phi) is 5.89. The number of anilines is 1. The highest BCUT2D eigenvalue weighted by atomic mass is 32.2. The van der Waals surface area contributed by atoms with Crippen LogP contribution in [0.25, 0.3) is 0 Å². The van der Waals surface area contributed by atoms with Crippen LogP contribution < -0.4 is 5.32 Å². The molecule has 0 aliphatic rings. The van der Waals surface area contributed by atoms with E-state index in [1.165, 1.54) is 50.4 Å². The van der Waals surface area contributed by atoms with Crippen molar-refractivity contribution in [2.24, 2.45) is 0 Å². The Bertz CT molecular complexity index is 940. The summed E-state index contributed by atoms with van der Waals surface area (Å²) in [6, 6.07) is 9.67. The lowest BCUT2D eigenvalue weighted by Gasteiger charge is -2.17. The van der Waals surface area contributed by atoms with Crippen molar-refractivity contribution >= 4 is 27.4 Å². The maximum Gasteiger partial charge on any atom is 0.243 e. The number of amides is 1. The van der Waals surface area contributed by atoms with Gasteiger partial charge in [0.1, 0.15) is 5.82 Å². The first kappa shape index (κ1) is 19.7. The van der Waals surface area contributed by atoms with Crippen molar-refractivity contribution < 1.29 is 22.4 Å². The Morgan fingerprint density at radius 2 is 1.73 bits per heavy atom. The second-order valence-corrected chi connectivity index (χ2v) is 7.92. The molecule has 6 nitrogen and oxygen atoms in total. The second kappa shape index (κ2) is 7.76. The number of sulfonamides is 1. The molecule has 2 aromatic carbocycles. The fourth-order valence-corrected chi connectivity index (χ4v) is 3.38. The van der Waals surface area contributed by atoms with Crippen molar-refractivity contribution in [3.05, 3.63) is 59.4 Å². The zero-order chi connectivity index (χ0) is 19.5. The number of nitrogens with one attached hydrogen (secondary N) is 1. The molecule has 0 aliphatic heterocycles. The third-order valence-electron chi connectivity index (χ3n) is 3.73. The van der Waals surface area contributed by atoms with Crippen molar-refractivity contribution in [1.29, 1.82) is 0 Å². The van der Waals surface area contributed by atoms with Crippen molar-refractivity contribution in [3.63, 3.8) is 0 Å². The lowest BCUT2D eigenvalue weighted by molar-refractivity contribution is -0.116. The monoisotopic (exact) mass is 378 g/mol. The minimum Gasteiger partial charge on any atom is -0.322 e. The molecule has 2 aromatic rings. The Hall–Kier alpha value is -2.58. The summed E-state index contributed by atoms with van der Waals surface area (Å²) in [5.74, 6) is -1.45. The third kappa shape index (κ3) is 4.53. The highest BCUT2D eigenvalue weighted by Crippen LogP contribution is 2.17. The largest absolute Gasteiger partial charge is 0.322 e. The van der Waals surface area contributed by atoms with Crippen LogP contribution in [0, 0.1) is 12.7 Å². The Morgan fingerprint density at radius 3 is 2.31 bits per heavy atom. The normalized spacial score (nSPS) is 11.4. The van der Waals surface area contributed by atoms with Crippen molar-refractivity contribution in [2.75, 3.05) is 18.9 Å². The van der Waals surface area contributed by atoms with Crippen LogP contribution >= 0.6 is 0 Å². The van der Waals surface area contributed by atoms with Gasteiger partial charge in [-0.1, -0.05) is 18.2 Å². The van der Waals surface area contributed by atoms with Gasteiger partial charge in [-0.15, -0.1) is 0 Å². The van der Waals surface area contributed by atoms with Crippen molar-refractivity contribution in [3.8, 4) is 0 Å². The van der Waals surface area contributed by atoms with Gasteiger partial charge in [-0.3, -0.25) is 9.59 Å². The van der Waals surface area contributed by atoms with Crippen LogP contribution in [0.4, 0.5) is 10.1 Å². The van der Waals surface area contributed by atoms with Crippen LogP contribution in [0.3, 0.4) is 0 Å². The molecule has 0 saturated heterocycles. The van der Waals surface area contributed by atoms with Crippen LogP contribution in [0.15, 0.2) is 47.4 Å². The standard InChI is InChI=1S/C18H19FN2O4S/c1-12-4-9-16(19)17(10-12)20-18(23)11-21(3)26(24,25)15-7-5-14(6-8-15)13(2)22/h4-10H,11H2,1-3H3,(H,20,23). The lowest BCUT2D eigenvalue weighted by Crippen LogP contribution is -2.35. The van der Waals surface area contributed by atoms with E-state index in [1.54, 1.807) is 13.0 Å². The van der Waals surface area contributed by atoms with Crippen LogP contribution in [0.5, 0.6) is 0 Å². The highest BCUT2D eigenvalue weighted by Gasteiger charge is 2.23. The molecule has 0 saturated carbocycles. The molecule has 1 amide bonds. The number of carbonyl (C=O) groups excluding carboxylic acids is 2. The Balaban J connectivity index is 2.12. The number of rotatable bonds is 6. The minimum atomic E-state index is -3.92. The average molecular weight is 378 g/mol. The first-order chi connectivity index (χ1) is 12.1. The van der Waals surface area contributed by atoms with E-state index in [-0.39, 0.29) is 16.4 Å². The predicted molar refractivity (Wildman–Crippen MR) is 96.0 cm³/mol. The molecule has 0 unspecified atom stereocenters. The number of hydrogen-bond donors (Lipinski definition) is 1. The first-order valence-corrected chi connectivity index (χ1v) is 9.18. The number of halogens is 1. The molecule has 2 rings (SSSR count). The van der Waals surface area contributed by atoms with Crippen LogP contribution in [0.1, 0.15) is 22.8 Å². The number of nitrogens with zero attached hydrogens (tertiary/aromatic N) is 1. The summed E-state index contributed by atoms with van der Waals surface area (Å²) in [5.41, 5.74) is 1.14. The summed E-state index contributed by atoms with van der Waals surface area (Å²) in [6.45, 7) is 2.64. The van der Waals surface area contributed by atoms with Gasteiger partial charge in [0.15, 0.2) is 5.78 Å². The zero-order valence-electron chi connectivity index (χ0n) is 14.6. The number of Topliss-reactive ketones (excluding diaryl/α,β-unsaturated/α-hetero) is 1. The summed E-state index contributed by atoms with van der Waals surface area (Å²) in [6.07, 6.45) is 0. The van der Waals surface area contributed by atoms with E-state index in [1.807, 2.05) is 0 Å². The fourth-order valence-electron chi connectivity index (χ4n) is 2.25. The molecule has 26 heavy (non-hydrogen) atoms. The first-order valence-electron chi connectivity index (χ1n) is 7.74. The summed E-state index contributed by atoms with van der Waals surface area (Å²) in [7, 11) is -2.67. The zero-order valence-corrected chi connectivity index (χ0v) is 15.4. The quantitative estimate of drug-likeness (QED) is 0.783. The number of aryl methyl sites for hydroxylation is 1. The average Bonchev–Trinajstić information content (AvgIpc) is 2.58. The molecular weight excluding hydrogens is 359 g/mol. The van der Waals surface area contributed by atoms with Gasteiger partial charge in [-0.25, -0.2) is 12.8 Å². The molecular formula is C18H19FN2O4S. The molecule has 0 heterocycles. The molecule has 0 atom stereocenters. The van der Waals surface area contributed by atoms with E-state index < -0.39 is 28.3 Å². The van der Waals surface area contributed by atoms with E-state index in [4.69, 9.17) is 0 Å². The molecule has 1 N–H and O–H groups in total. The highest BCUT2D eigenvalue weighted by molar-refractivity contribution is 7.89. The van der Waals surface area contributed by atoms with E-state index in [0.29, 0.717) is 5.56 Å². The van der Waals surface area contributed by atoms with Gasteiger partial charge >= 0.3 is 0 Å². The fraction of sp³-hybridized carbons (Fsp3) is 0.222. The number of hydrogen-bond acceptors (Lipinski definition) is 4. The predicted octanol–water partition coefficient (Wildman–Crippen LogP) is 2.60. The van der Waals surface area contributed by atoms with Crippen LogP contribution in [0.2, 0.25) is 0 Å². The summed E-state index contributed by atoms with van der Waals surface area (Å²) >= 11 is 0. The SMILES string of the molecule is CC(=O)c1ccc(S(=O)(=O)N(C)CC(=O)Nc2cc(C)ccc2F)cc1. The van der Waals surface area contributed by atoms with Gasteiger partial charge in [-0.2, -0.15) is 4.31 Å². The minimum absolute atomic E-state index is 0.00777. The molecule has 0 radical (unpaired) electrons. The number of carbonyl (C=O) groups is 2. The van der Waals surface area contributed by atoms with Crippen LogP contribution in [-0.2, 0) is 14.8 Å². The molecule has 0 aromatic heterocycles. The molecule has 0 spiro atoms. The summed E-state index contributed by atoms with van der Waals surface area (Å²) < 4.78 is 39.6. The maximum absolute atomic E-state index is 13.7. The number of likely N-dealkylation sites (N-methyl/N-ethyl adjacent to an activating group) is 1. The Labute approximate surface area is 151 Å². The van der Waals surface area contributed by atoms with E-state index >= 15 is 0 Å². The van der Waals surface area contributed by atoms with Gasteiger partial charge in [0.2, 0.25) is 15.9 Å². The number of ketones is 1. The van der Waals surface area contributed by atoms with Crippen molar-refractivity contribution in [1.82, 2.24) is 4.31 Å². The van der Waals surface area contributed by atoms with E-state index in [9.17, 15) is 22.4 Å². The smallest absolute Gasteiger partial charge is 0.243 e. The number of benzene rings is 2. The molecule has 8 heteroatoms. The lowest BCUT2D eigenvalue weighted by atomic mass is 10.2. The van der Waals surface area contributed by atoms with Crippen LogP contribution in [-0.4, -0.2) is 38.0 Å². The summed E-state index contributed by atoms with van der Waals surface area (Å²) in [5, 5.41) is 2.36. The van der Waals surface area contributed by atoms with Gasteiger partial charge in [-0.05, 0) is 43.7 Å². The maximum atomic E-state index is 13.7. The molecule has 0 fully saturated rings. The third-order valence-corrected chi connectivity index (χ3v) is 5.55. The van der Waals surface area contributed by atoms with Crippen molar-refractivity contribution in [2.45, 2.75) is 18.7 Å². The van der Waals surface area contributed by atoms with Gasteiger partial charge in [0.25, 0.3) is 0 Å². The van der Waals surface area contributed by atoms with Gasteiger partial charge in [0.05, 0.1) is 17.1 Å². The summed E-state index contributed by atoms with van der Waals surface area (Å²) in [4.78, 5) is 23.3.